The Hall–Kier alpha value is -3.10. The van der Waals surface area contributed by atoms with Crippen LogP contribution in [-0.2, 0) is 0 Å². The van der Waals surface area contributed by atoms with Crippen LogP contribution >= 0.6 is 0 Å². The van der Waals surface area contributed by atoms with Crippen LogP contribution in [-0.4, -0.2) is 25.5 Å². The fraction of sp³-hybridized carbons (Fsp3) is 0.222. The number of benzene rings is 2. The lowest BCUT2D eigenvalue weighted by Gasteiger charge is -2.11. The summed E-state index contributed by atoms with van der Waals surface area (Å²) in [5.41, 5.74) is 2.19. The first-order chi connectivity index (χ1) is 12.9. The van der Waals surface area contributed by atoms with Gasteiger partial charge in [-0.1, -0.05) is 0 Å². The zero-order valence-electron chi connectivity index (χ0n) is 13.7. The highest BCUT2D eigenvalue weighted by Gasteiger charge is 2.32. The second-order valence-electron chi connectivity index (χ2n) is 6.46. The van der Waals surface area contributed by atoms with Gasteiger partial charge in [0.1, 0.15) is 17.9 Å². The molecule has 0 unspecified atom stereocenters. The molecule has 0 saturated heterocycles. The third-order valence-electron chi connectivity index (χ3n) is 4.51. The fourth-order valence-electron chi connectivity index (χ4n) is 3.26. The summed E-state index contributed by atoms with van der Waals surface area (Å²) >= 11 is 0. The Labute approximate surface area is 149 Å². The van der Waals surface area contributed by atoms with Crippen LogP contribution < -0.4 is 4.74 Å². The molecular formula is C18H12F4N4O. The normalized spacial score (nSPS) is 15.0. The molecule has 0 atom stereocenters. The molecule has 2 heterocycles. The number of hydrogen-bond acceptors (Lipinski definition) is 3. The van der Waals surface area contributed by atoms with E-state index in [0.717, 1.165) is 12.8 Å². The van der Waals surface area contributed by atoms with E-state index in [1.54, 1.807) is 10.6 Å². The maximum absolute atomic E-state index is 13.7. The maximum atomic E-state index is 13.7. The van der Waals surface area contributed by atoms with E-state index >= 15 is 0 Å². The summed E-state index contributed by atoms with van der Waals surface area (Å²) in [6.45, 7) is 0. The van der Waals surface area contributed by atoms with Gasteiger partial charge in [-0.05, 0) is 43.2 Å². The first kappa shape index (κ1) is 16.1. The number of rotatable bonds is 3. The van der Waals surface area contributed by atoms with Gasteiger partial charge in [0.15, 0.2) is 0 Å². The highest BCUT2D eigenvalue weighted by Crippen LogP contribution is 2.40. The van der Waals surface area contributed by atoms with E-state index in [0.29, 0.717) is 28.0 Å². The van der Waals surface area contributed by atoms with E-state index in [1.165, 1.54) is 36.7 Å². The molecule has 1 aliphatic rings. The van der Waals surface area contributed by atoms with Gasteiger partial charge in [-0.15, -0.1) is 13.2 Å². The Morgan fingerprint density at radius 1 is 1.00 bits per heavy atom. The Morgan fingerprint density at radius 3 is 2.52 bits per heavy atom. The number of fused-ring (bicyclic) bond motifs is 2. The summed E-state index contributed by atoms with van der Waals surface area (Å²) in [5, 5.41) is 0. The minimum absolute atomic E-state index is 0.179. The molecule has 0 aliphatic heterocycles. The van der Waals surface area contributed by atoms with Crippen LogP contribution in [0.3, 0.4) is 0 Å². The van der Waals surface area contributed by atoms with E-state index in [1.807, 2.05) is 4.57 Å². The molecular weight excluding hydrogens is 364 g/mol. The van der Waals surface area contributed by atoms with Gasteiger partial charge in [0.2, 0.25) is 5.95 Å². The van der Waals surface area contributed by atoms with Crippen molar-refractivity contribution in [1.29, 1.82) is 0 Å². The number of hydrogen-bond donors (Lipinski definition) is 0. The van der Waals surface area contributed by atoms with Crippen LogP contribution in [0.5, 0.6) is 5.75 Å². The van der Waals surface area contributed by atoms with Gasteiger partial charge in [0.25, 0.3) is 0 Å². The van der Waals surface area contributed by atoms with Gasteiger partial charge in [0, 0.05) is 12.1 Å². The largest absolute Gasteiger partial charge is 0.573 e. The second kappa shape index (κ2) is 5.45. The molecule has 138 valence electrons. The summed E-state index contributed by atoms with van der Waals surface area (Å²) < 4.78 is 58.9. The van der Waals surface area contributed by atoms with Crippen molar-refractivity contribution in [1.82, 2.24) is 19.1 Å². The van der Waals surface area contributed by atoms with Crippen LogP contribution in [0.2, 0.25) is 0 Å². The van der Waals surface area contributed by atoms with Gasteiger partial charge in [0.05, 0.1) is 22.1 Å². The number of alkyl halides is 3. The fourth-order valence-corrected chi connectivity index (χ4v) is 3.26. The Morgan fingerprint density at radius 2 is 1.78 bits per heavy atom. The number of nitrogens with zero attached hydrogens (tertiary/aromatic N) is 4. The lowest BCUT2D eigenvalue weighted by atomic mass is 10.3. The van der Waals surface area contributed by atoms with Gasteiger partial charge in [-0.3, -0.25) is 4.57 Å². The van der Waals surface area contributed by atoms with Crippen molar-refractivity contribution in [3.8, 4) is 11.7 Å². The minimum Gasteiger partial charge on any atom is -0.406 e. The van der Waals surface area contributed by atoms with E-state index in [9.17, 15) is 17.6 Å². The van der Waals surface area contributed by atoms with E-state index in [-0.39, 0.29) is 17.6 Å². The molecule has 1 aliphatic carbocycles. The summed E-state index contributed by atoms with van der Waals surface area (Å²) in [7, 11) is 0. The Balaban J connectivity index is 1.71. The van der Waals surface area contributed by atoms with Gasteiger partial charge in [-0.2, -0.15) is 0 Å². The van der Waals surface area contributed by atoms with Crippen molar-refractivity contribution in [3.63, 3.8) is 0 Å². The molecule has 0 bridgehead atoms. The van der Waals surface area contributed by atoms with E-state index in [2.05, 4.69) is 14.7 Å². The van der Waals surface area contributed by atoms with Crippen molar-refractivity contribution in [2.75, 3.05) is 0 Å². The Kier molecular flexibility index (Phi) is 3.25. The minimum atomic E-state index is -4.78. The van der Waals surface area contributed by atoms with Crippen molar-refractivity contribution < 1.29 is 22.3 Å². The van der Waals surface area contributed by atoms with Crippen LogP contribution in [0.1, 0.15) is 18.9 Å². The lowest BCUT2D eigenvalue weighted by Crippen LogP contribution is -2.17. The molecule has 1 saturated carbocycles. The third kappa shape index (κ3) is 2.79. The maximum Gasteiger partial charge on any atom is 0.573 e. The number of aromatic nitrogens is 4. The van der Waals surface area contributed by atoms with Crippen LogP contribution in [0.4, 0.5) is 17.6 Å². The predicted octanol–water partition coefficient (Wildman–Crippen LogP) is 4.75. The smallest absolute Gasteiger partial charge is 0.406 e. The van der Waals surface area contributed by atoms with Crippen LogP contribution in [0.25, 0.3) is 28.0 Å². The first-order valence-corrected chi connectivity index (χ1v) is 8.30. The van der Waals surface area contributed by atoms with Crippen molar-refractivity contribution in [2.45, 2.75) is 25.2 Å². The molecule has 0 spiro atoms. The monoisotopic (exact) mass is 376 g/mol. The van der Waals surface area contributed by atoms with E-state index < -0.39 is 6.36 Å². The second-order valence-corrected chi connectivity index (χ2v) is 6.46. The molecule has 4 aromatic rings. The average Bonchev–Trinajstić information content (AvgIpc) is 3.23. The molecule has 9 heteroatoms. The predicted molar refractivity (Wildman–Crippen MR) is 89.3 cm³/mol. The third-order valence-corrected chi connectivity index (χ3v) is 4.51. The zero-order chi connectivity index (χ0) is 18.8. The standard InChI is InChI=1S/C18H12F4N4O/c19-10-1-5-14-16(7-10)26(11-2-3-11)17(24-14)25-9-23-13-6-4-12(8-15(13)25)27-18(20,21)22/h1,4-9,11H,2-3H2. The molecule has 2 aromatic carbocycles. The molecule has 5 rings (SSSR count). The summed E-state index contributed by atoms with van der Waals surface area (Å²) in [6, 6.07) is 8.46. The number of ether oxygens (including phenoxy) is 1. The summed E-state index contributed by atoms with van der Waals surface area (Å²) in [6.07, 6.45) is -1.41. The zero-order valence-corrected chi connectivity index (χ0v) is 13.7. The van der Waals surface area contributed by atoms with Crippen molar-refractivity contribution in [3.05, 3.63) is 48.5 Å². The number of imidazole rings is 2. The SMILES string of the molecule is Fc1ccc2nc(-n3cnc4ccc(OC(F)(F)F)cc43)n(C3CC3)c2c1. The van der Waals surface area contributed by atoms with Crippen LogP contribution in [0.15, 0.2) is 42.7 Å². The lowest BCUT2D eigenvalue weighted by molar-refractivity contribution is -0.274. The van der Waals surface area contributed by atoms with E-state index in [4.69, 9.17) is 0 Å². The topological polar surface area (TPSA) is 44.9 Å². The van der Waals surface area contributed by atoms with Gasteiger partial charge in [-0.25, -0.2) is 14.4 Å². The number of halogens is 4. The molecule has 0 radical (unpaired) electrons. The quantitative estimate of drug-likeness (QED) is 0.485. The summed E-state index contributed by atoms with van der Waals surface area (Å²) in [4.78, 5) is 8.81. The molecule has 27 heavy (non-hydrogen) atoms. The summed E-state index contributed by atoms with van der Waals surface area (Å²) in [5.74, 6) is -0.214. The first-order valence-electron chi connectivity index (χ1n) is 8.30. The van der Waals surface area contributed by atoms with Crippen LogP contribution in [0, 0.1) is 5.82 Å². The van der Waals surface area contributed by atoms with Gasteiger partial charge < -0.3 is 9.30 Å². The van der Waals surface area contributed by atoms with Crippen molar-refractivity contribution >= 4 is 22.1 Å². The molecule has 5 nitrogen and oxygen atoms in total. The molecule has 2 aromatic heterocycles. The molecule has 1 fully saturated rings. The van der Waals surface area contributed by atoms with Crippen molar-refractivity contribution in [2.24, 2.45) is 0 Å². The molecule has 0 amide bonds. The van der Waals surface area contributed by atoms with Gasteiger partial charge >= 0.3 is 6.36 Å². The highest BCUT2D eigenvalue weighted by atomic mass is 19.4. The highest BCUT2D eigenvalue weighted by molar-refractivity contribution is 5.81. The molecule has 0 N–H and O–H groups in total. The Bertz CT molecular complexity index is 1170. The average molecular weight is 376 g/mol.